The number of urea groups is 1. The highest BCUT2D eigenvalue weighted by Crippen LogP contribution is 2.18. The van der Waals surface area contributed by atoms with Gasteiger partial charge in [0.2, 0.25) is 6.41 Å². The summed E-state index contributed by atoms with van der Waals surface area (Å²) in [5.41, 5.74) is 0. The number of nitrogens with one attached hydrogen (secondary N) is 2. The van der Waals surface area contributed by atoms with Crippen LogP contribution in [0.3, 0.4) is 0 Å². The smallest absolute Gasteiger partial charge is 0.323 e. The summed E-state index contributed by atoms with van der Waals surface area (Å²) in [5.74, 6) is 0. The Kier molecular flexibility index (Phi) is 3.97. The molecule has 0 unspecified atom stereocenters. The van der Waals surface area contributed by atoms with Crippen LogP contribution in [-0.2, 0) is 9.53 Å². The van der Waals surface area contributed by atoms with Gasteiger partial charge in [-0.05, 0) is 0 Å². The highest BCUT2D eigenvalue weighted by atomic mass is 16.6. The van der Waals surface area contributed by atoms with Gasteiger partial charge in [-0.25, -0.2) is 4.79 Å². The molecule has 8 nitrogen and oxygen atoms in total. The second kappa shape index (κ2) is 5.03. The molecule has 0 radical (unpaired) electrons. The van der Waals surface area contributed by atoms with Gasteiger partial charge in [0.05, 0.1) is 6.61 Å². The Balaban J connectivity index is 2.50. The molecule has 1 saturated heterocycles. The van der Waals surface area contributed by atoms with E-state index < -0.39 is 37.2 Å². The molecule has 0 aromatic heterocycles. The van der Waals surface area contributed by atoms with E-state index in [0.717, 1.165) is 0 Å². The summed E-state index contributed by atoms with van der Waals surface area (Å²) in [6.07, 6.45) is -4.58. The average molecular weight is 220 g/mol. The number of aliphatic hydroxyl groups excluding tert-OH is 3. The minimum atomic E-state index is -1.35. The number of hydrogen-bond donors (Lipinski definition) is 5. The summed E-state index contributed by atoms with van der Waals surface area (Å²) in [6.45, 7) is -0.480. The minimum absolute atomic E-state index is 0.163. The van der Waals surface area contributed by atoms with E-state index in [1.165, 1.54) is 0 Å². The number of aliphatic hydroxyl groups is 3. The number of carbonyl (C=O) groups is 2. The van der Waals surface area contributed by atoms with Gasteiger partial charge >= 0.3 is 6.03 Å². The molecule has 0 aliphatic carbocycles. The molecule has 1 heterocycles. The quantitative estimate of drug-likeness (QED) is 0.320. The Hall–Kier alpha value is -1.22. The van der Waals surface area contributed by atoms with Gasteiger partial charge < -0.3 is 25.4 Å². The maximum atomic E-state index is 10.9. The summed E-state index contributed by atoms with van der Waals surface area (Å²) < 4.78 is 4.91. The monoisotopic (exact) mass is 220 g/mol. The van der Waals surface area contributed by atoms with Crippen molar-refractivity contribution in [3.05, 3.63) is 0 Å². The first-order valence-corrected chi connectivity index (χ1v) is 4.23. The first-order valence-electron chi connectivity index (χ1n) is 4.23. The molecule has 4 atom stereocenters. The number of hydrogen-bond acceptors (Lipinski definition) is 6. The van der Waals surface area contributed by atoms with Gasteiger partial charge in [0.1, 0.15) is 18.3 Å². The number of carbonyl (C=O) groups excluding carboxylic acids is 2. The SMILES string of the molecule is O=CNC(=O)N[C@@H]1O[C@H](CO)[C@@H](O)[C@@H]1O. The largest absolute Gasteiger partial charge is 0.394 e. The van der Waals surface area contributed by atoms with Gasteiger partial charge in [-0.15, -0.1) is 0 Å². The zero-order valence-electron chi connectivity index (χ0n) is 7.66. The number of imide groups is 1. The third-order valence-corrected chi connectivity index (χ3v) is 2.01. The molecular formula is C7H12N2O6. The molecule has 3 amide bonds. The van der Waals surface area contributed by atoms with Gasteiger partial charge in [-0.2, -0.15) is 0 Å². The van der Waals surface area contributed by atoms with Crippen LogP contribution in [0.2, 0.25) is 0 Å². The molecule has 15 heavy (non-hydrogen) atoms. The van der Waals surface area contributed by atoms with E-state index in [2.05, 4.69) is 5.32 Å². The molecule has 5 N–H and O–H groups in total. The summed E-state index contributed by atoms with van der Waals surface area (Å²) in [7, 11) is 0. The molecule has 0 aromatic rings. The van der Waals surface area contributed by atoms with E-state index in [0.29, 0.717) is 0 Å². The molecule has 0 bridgehead atoms. The van der Waals surface area contributed by atoms with Crippen molar-refractivity contribution in [2.24, 2.45) is 0 Å². The van der Waals surface area contributed by atoms with Crippen LogP contribution in [0.15, 0.2) is 0 Å². The lowest BCUT2D eigenvalue weighted by molar-refractivity contribution is -0.108. The van der Waals surface area contributed by atoms with E-state index in [-0.39, 0.29) is 6.41 Å². The highest BCUT2D eigenvalue weighted by molar-refractivity contribution is 5.84. The zero-order chi connectivity index (χ0) is 11.4. The summed E-state index contributed by atoms with van der Waals surface area (Å²) in [6, 6.07) is -0.861. The van der Waals surface area contributed by atoms with Crippen molar-refractivity contribution in [3.8, 4) is 0 Å². The second-order valence-electron chi connectivity index (χ2n) is 2.99. The van der Waals surface area contributed by atoms with Crippen LogP contribution in [0.25, 0.3) is 0 Å². The number of ether oxygens (including phenoxy) is 1. The van der Waals surface area contributed by atoms with Crippen molar-refractivity contribution >= 4 is 12.4 Å². The minimum Gasteiger partial charge on any atom is -0.394 e. The Bertz CT molecular complexity index is 248. The van der Waals surface area contributed by atoms with Crippen LogP contribution in [0.4, 0.5) is 4.79 Å². The molecule has 0 saturated carbocycles. The Morgan fingerprint density at radius 2 is 2.07 bits per heavy atom. The molecular weight excluding hydrogens is 208 g/mol. The van der Waals surface area contributed by atoms with Crippen LogP contribution in [0.1, 0.15) is 0 Å². The fourth-order valence-corrected chi connectivity index (χ4v) is 1.24. The van der Waals surface area contributed by atoms with Crippen molar-refractivity contribution in [3.63, 3.8) is 0 Å². The summed E-state index contributed by atoms with van der Waals surface area (Å²) in [4.78, 5) is 20.7. The Labute approximate surface area is 84.8 Å². The normalized spacial score (nSPS) is 34.9. The van der Waals surface area contributed by atoms with Gasteiger partial charge in [0.25, 0.3) is 0 Å². The van der Waals surface area contributed by atoms with Crippen molar-refractivity contribution in [1.29, 1.82) is 0 Å². The molecule has 0 spiro atoms. The zero-order valence-corrected chi connectivity index (χ0v) is 7.66. The molecule has 0 aromatic carbocycles. The van der Waals surface area contributed by atoms with E-state index in [9.17, 15) is 19.8 Å². The highest BCUT2D eigenvalue weighted by Gasteiger charge is 2.42. The maximum Gasteiger partial charge on any atom is 0.323 e. The number of rotatable bonds is 3. The van der Waals surface area contributed by atoms with Gasteiger partial charge in [-0.1, -0.05) is 0 Å². The lowest BCUT2D eigenvalue weighted by atomic mass is 10.1. The molecule has 86 valence electrons. The van der Waals surface area contributed by atoms with Gasteiger partial charge in [0.15, 0.2) is 6.23 Å². The standard InChI is InChI=1S/C7H12N2O6/c10-1-3-4(12)5(13)6(15-3)9-7(14)8-2-11/h2-6,10,12-13H,1H2,(H2,8,9,11,14)/t3-,4-,5+,6-/m1/s1. The Morgan fingerprint density at radius 1 is 1.40 bits per heavy atom. The predicted octanol–water partition coefficient (Wildman–Crippen LogP) is -3.12. The van der Waals surface area contributed by atoms with E-state index in [1.807, 2.05) is 0 Å². The Morgan fingerprint density at radius 3 is 2.53 bits per heavy atom. The van der Waals surface area contributed by atoms with Crippen LogP contribution in [0.5, 0.6) is 0 Å². The second-order valence-corrected chi connectivity index (χ2v) is 2.99. The van der Waals surface area contributed by atoms with Crippen molar-refractivity contribution in [2.45, 2.75) is 24.5 Å². The molecule has 1 fully saturated rings. The van der Waals surface area contributed by atoms with Gasteiger partial charge in [-0.3, -0.25) is 10.1 Å². The van der Waals surface area contributed by atoms with Crippen molar-refractivity contribution < 1.29 is 29.6 Å². The third-order valence-electron chi connectivity index (χ3n) is 2.01. The van der Waals surface area contributed by atoms with Crippen LogP contribution in [-0.4, -0.2) is 58.9 Å². The molecule has 1 aliphatic heterocycles. The van der Waals surface area contributed by atoms with E-state index in [1.54, 1.807) is 5.32 Å². The molecule has 8 heteroatoms. The topological polar surface area (TPSA) is 128 Å². The lowest BCUT2D eigenvalue weighted by Crippen LogP contribution is -2.47. The van der Waals surface area contributed by atoms with Crippen molar-refractivity contribution in [1.82, 2.24) is 10.6 Å². The predicted molar refractivity (Wildman–Crippen MR) is 45.5 cm³/mol. The maximum absolute atomic E-state index is 10.9. The van der Waals surface area contributed by atoms with Gasteiger partial charge in [0, 0.05) is 0 Å². The first-order chi connectivity index (χ1) is 7.10. The van der Waals surface area contributed by atoms with Crippen LogP contribution >= 0.6 is 0 Å². The average Bonchev–Trinajstić information content (AvgIpc) is 2.46. The van der Waals surface area contributed by atoms with Crippen molar-refractivity contribution in [2.75, 3.05) is 6.61 Å². The molecule has 1 aliphatic rings. The first kappa shape index (κ1) is 11.9. The summed E-state index contributed by atoms with van der Waals surface area (Å²) >= 11 is 0. The fourth-order valence-electron chi connectivity index (χ4n) is 1.24. The van der Waals surface area contributed by atoms with Crippen LogP contribution < -0.4 is 10.6 Å². The lowest BCUT2D eigenvalue weighted by Gasteiger charge is -2.15. The number of amides is 3. The third kappa shape index (κ3) is 2.63. The molecule has 1 rings (SSSR count). The van der Waals surface area contributed by atoms with Crippen LogP contribution in [0, 0.1) is 0 Å². The summed E-state index contributed by atoms with van der Waals surface area (Å²) in [5, 5.41) is 31.3. The van der Waals surface area contributed by atoms with E-state index in [4.69, 9.17) is 9.84 Å². The van der Waals surface area contributed by atoms with E-state index >= 15 is 0 Å². The fraction of sp³-hybridized carbons (Fsp3) is 0.714.